The van der Waals surface area contributed by atoms with Crippen LogP contribution in [0.1, 0.15) is 20.3 Å². The van der Waals surface area contributed by atoms with Crippen molar-refractivity contribution in [1.82, 2.24) is 5.09 Å². The van der Waals surface area contributed by atoms with Gasteiger partial charge in [0.25, 0.3) is 0 Å². The minimum absolute atomic E-state index is 0.0667. The molecule has 0 spiro atoms. The van der Waals surface area contributed by atoms with Crippen LogP contribution in [0.15, 0.2) is 42.0 Å². The summed E-state index contributed by atoms with van der Waals surface area (Å²) in [5.74, 6) is -0.683. The van der Waals surface area contributed by atoms with E-state index in [2.05, 4.69) is 5.09 Å². The second kappa shape index (κ2) is 8.73. The average molecular weight is 327 g/mol. The predicted molar refractivity (Wildman–Crippen MR) is 85.2 cm³/mol. The van der Waals surface area contributed by atoms with E-state index in [1.54, 1.807) is 43.3 Å². The smallest absolute Gasteiger partial charge is 0.320 e. The molecule has 0 aliphatic carbocycles. The van der Waals surface area contributed by atoms with Crippen molar-refractivity contribution in [2.75, 3.05) is 12.8 Å². The van der Waals surface area contributed by atoms with Crippen LogP contribution in [0.25, 0.3) is 0 Å². The monoisotopic (exact) mass is 327 g/mol. The Hall–Kier alpha value is -1.62. The fraction of sp³-hybridized carbons (Fsp3) is 0.400. The van der Waals surface area contributed by atoms with Gasteiger partial charge in [0.05, 0.1) is 12.8 Å². The van der Waals surface area contributed by atoms with Gasteiger partial charge >= 0.3 is 13.5 Å². The van der Waals surface area contributed by atoms with Gasteiger partial charge < -0.3 is 14.7 Å². The molecule has 0 heterocycles. The maximum Gasteiger partial charge on any atom is 0.320 e. The van der Waals surface area contributed by atoms with E-state index >= 15 is 0 Å². The first-order chi connectivity index (χ1) is 10.4. The first kappa shape index (κ1) is 18.4. The largest absolute Gasteiger partial charge is 0.480 e. The molecular formula is C15H22NO5P. The van der Waals surface area contributed by atoms with E-state index < -0.39 is 19.5 Å². The SMILES string of the molecule is C/C(=C\CCP(=O)(NC(C)C(=O)O)Oc1ccccc1)CO. The Morgan fingerprint density at radius 2 is 2.05 bits per heavy atom. The number of carboxylic acids is 1. The highest BCUT2D eigenvalue weighted by Gasteiger charge is 2.28. The quantitative estimate of drug-likeness (QED) is 0.477. The maximum atomic E-state index is 12.9. The van der Waals surface area contributed by atoms with Crippen molar-refractivity contribution in [2.24, 2.45) is 0 Å². The van der Waals surface area contributed by atoms with Crippen LogP contribution in [-0.4, -0.2) is 35.0 Å². The standard InChI is InChI=1S/C15H22NO5P/c1-12(11-17)7-6-10-22(20,16-13(2)15(18)19)21-14-8-4-3-5-9-14/h3-5,7-9,13,17H,6,10-11H2,1-2H3,(H,16,20)(H,18,19)/b12-7+. The molecule has 2 unspecified atom stereocenters. The summed E-state index contributed by atoms with van der Waals surface area (Å²) in [6, 6.07) is 7.63. The number of rotatable bonds is 9. The first-order valence-electron chi connectivity index (χ1n) is 6.97. The summed E-state index contributed by atoms with van der Waals surface area (Å²) in [6.45, 7) is 3.11. The number of carboxylic acid groups (broad SMARTS) is 1. The number of aliphatic carboxylic acids is 1. The lowest BCUT2D eigenvalue weighted by molar-refractivity contribution is -0.138. The minimum atomic E-state index is -3.38. The van der Waals surface area contributed by atoms with Gasteiger partial charge in [0.2, 0.25) is 0 Å². The number of nitrogens with one attached hydrogen (secondary N) is 1. The number of allylic oxidation sites excluding steroid dienone is 1. The first-order valence-corrected chi connectivity index (χ1v) is 8.78. The third-order valence-electron chi connectivity index (χ3n) is 2.92. The van der Waals surface area contributed by atoms with Gasteiger partial charge in [-0.05, 0) is 32.4 Å². The minimum Gasteiger partial charge on any atom is -0.480 e. The Labute approximate surface area is 130 Å². The van der Waals surface area contributed by atoms with E-state index in [1.165, 1.54) is 6.92 Å². The molecule has 2 atom stereocenters. The van der Waals surface area contributed by atoms with Gasteiger partial charge in [0, 0.05) is 0 Å². The second-order valence-electron chi connectivity index (χ2n) is 4.99. The summed E-state index contributed by atoms with van der Waals surface area (Å²) >= 11 is 0. The molecule has 122 valence electrons. The lowest BCUT2D eigenvalue weighted by atomic mass is 10.3. The van der Waals surface area contributed by atoms with Gasteiger partial charge in [-0.25, -0.2) is 5.09 Å². The van der Waals surface area contributed by atoms with Crippen molar-refractivity contribution in [2.45, 2.75) is 26.3 Å². The Kier molecular flexibility index (Phi) is 7.32. The number of hydrogen-bond donors (Lipinski definition) is 3. The molecule has 1 aromatic carbocycles. The number of aliphatic hydroxyl groups excluding tert-OH is 1. The van der Waals surface area contributed by atoms with Crippen molar-refractivity contribution < 1.29 is 24.1 Å². The lowest BCUT2D eigenvalue weighted by Crippen LogP contribution is -2.33. The van der Waals surface area contributed by atoms with Crippen molar-refractivity contribution >= 4 is 13.5 Å². The summed E-state index contributed by atoms with van der Waals surface area (Å²) in [4.78, 5) is 11.0. The van der Waals surface area contributed by atoms with Crippen molar-refractivity contribution in [3.05, 3.63) is 42.0 Å². The van der Waals surface area contributed by atoms with Crippen LogP contribution in [0.4, 0.5) is 0 Å². The highest BCUT2D eigenvalue weighted by atomic mass is 31.2. The van der Waals surface area contributed by atoms with Gasteiger partial charge in [0.15, 0.2) is 0 Å². The summed E-state index contributed by atoms with van der Waals surface area (Å²) in [7, 11) is -3.38. The van der Waals surface area contributed by atoms with Gasteiger partial charge in [-0.3, -0.25) is 9.36 Å². The molecule has 0 aliphatic heterocycles. The molecule has 0 radical (unpaired) electrons. The molecule has 0 fully saturated rings. The summed E-state index contributed by atoms with van der Waals surface area (Å²) in [6.07, 6.45) is 2.31. The van der Waals surface area contributed by atoms with Crippen LogP contribution in [0.5, 0.6) is 5.75 Å². The number of para-hydroxylation sites is 1. The average Bonchev–Trinajstić information content (AvgIpc) is 2.47. The van der Waals surface area contributed by atoms with Gasteiger partial charge in [0.1, 0.15) is 11.8 Å². The molecular weight excluding hydrogens is 305 g/mol. The zero-order valence-corrected chi connectivity index (χ0v) is 13.6. The third kappa shape index (κ3) is 6.43. The van der Waals surface area contributed by atoms with Crippen molar-refractivity contribution in [3.63, 3.8) is 0 Å². The number of carbonyl (C=O) groups is 1. The number of hydrogen-bond acceptors (Lipinski definition) is 4. The molecule has 0 aromatic heterocycles. The second-order valence-corrected chi connectivity index (χ2v) is 7.22. The molecule has 1 aromatic rings. The molecule has 3 N–H and O–H groups in total. The topological polar surface area (TPSA) is 95.9 Å². The van der Waals surface area contributed by atoms with Gasteiger partial charge in [-0.15, -0.1) is 0 Å². The van der Waals surface area contributed by atoms with E-state index in [-0.39, 0.29) is 12.8 Å². The van der Waals surface area contributed by atoms with E-state index in [1.807, 2.05) is 0 Å². The van der Waals surface area contributed by atoms with Crippen LogP contribution >= 0.6 is 7.52 Å². The lowest BCUT2D eigenvalue weighted by Gasteiger charge is -2.22. The third-order valence-corrected chi connectivity index (χ3v) is 5.06. The summed E-state index contributed by atoms with van der Waals surface area (Å²) in [5, 5.41) is 20.5. The van der Waals surface area contributed by atoms with Crippen LogP contribution < -0.4 is 9.61 Å². The Morgan fingerprint density at radius 1 is 1.41 bits per heavy atom. The van der Waals surface area contributed by atoms with E-state index in [0.29, 0.717) is 12.2 Å². The Balaban J connectivity index is 2.84. The van der Waals surface area contributed by atoms with Crippen molar-refractivity contribution in [3.8, 4) is 5.75 Å². The summed E-state index contributed by atoms with van der Waals surface area (Å²) in [5.41, 5.74) is 0.762. The van der Waals surface area contributed by atoms with Crippen LogP contribution in [0.3, 0.4) is 0 Å². The molecule has 0 bridgehead atoms. The number of benzene rings is 1. The van der Waals surface area contributed by atoms with Crippen LogP contribution in [0, 0.1) is 0 Å². The predicted octanol–water partition coefficient (Wildman–Crippen LogP) is 2.65. The van der Waals surface area contributed by atoms with Crippen LogP contribution in [-0.2, 0) is 9.36 Å². The molecule has 1 rings (SSSR count). The Bertz CT molecular complexity index is 558. The zero-order chi connectivity index (χ0) is 16.6. The normalized spacial score (nSPS) is 15.9. The maximum absolute atomic E-state index is 12.9. The van der Waals surface area contributed by atoms with E-state index in [4.69, 9.17) is 14.7 Å². The Morgan fingerprint density at radius 3 is 2.59 bits per heavy atom. The van der Waals surface area contributed by atoms with Crippen LogP contribution in [0.2, 0.25) is 0 Å². The fourth-order valence-corrected chi connectivity index (χ4v) is 3.59. The highest BCUT2D eigenvalue weighted by Crippen LogP contribution is 2.44. The highest BCUT2D eigenvalue weighted by molar-refractivity contribution is 7.57. The molecule has 0 aliphatic rings. The molecule has 22 heavy (non-hydrogen) atoms. The molecule has 7 heteroatoms. The van der Waals surface area contributed by atoms with Gasteiger partial charge in [-0.2, -0.15) is 0 Å². The van der Waals surface area contributed by atoms with E-state index in [9.17, 15) is 9.36 Å². The fourth-order valence-electron chi connectivity index (χ4n) is 1.68. The van der Waals surface area contributed by atoms with Gasteiger partial charge in [-0.1, -0.05) is 29.8 Å². The zero-order valence-electron chi connectivity index (χ0n) is 12.7. The molecule has 0 amide bonds. The number of aliphatic hydroxyl groups is 1. The summed E-state index contributed by atoms with van der Waals surface area (Å²) < 4.78 is 18.4. The molecule has 6 nitrogen and oxygen atoms in total. The molecule has 0 saturated carbocycles. The van der Waals surface area contributed by atoms with Crippen molar-refractivity contribution in [1.29, 1.82) is 0 Å². The molecule has 0 saturated heterocycles. The van der Waals surface area contributed by atoms with E-state index in [0.717, 1.165) is 5.57 Å².